The van der Waals surface area contributed by atoms with Gasteiger partial charge in [0.1, 0.15) is 0 Å². The van der Waals surface area contributed by atoms with E-state index in [0.717, 1.165) is 11.1 Å². The fourth-order valence-corrected chi connectivity index (χ4v) is 2.03. The van der Waals surface area contributed by atoms with E-state index in [4.69, 9.17) is 15.2 Å². The molecule has 1 amide bonds. The van der Waals surface area contributed by atoms with Gasteiger partial charge in [-0.05, 0) is 48.4 Å². The molecule has 0 bridgehead atoms. The fraction of sp³-hybridized carbons (Fsp3) is 0.167. The maximum atomic E-state index is 12.0. The number of carbonyl (C=O) groups excluding carboxylic acids is 1. The zero-order valence-corrected chi connectivity index (χ0v) is 13.4. The van der Waals surface area contributed by atoms with Gasteiger partial charge in [-0.15, -0.1) is 0 Å². The summed E-state index contributed by atoms with van der Waals surface area (Å²) in [6.07, 6.45) is 3.16. The van der Waals surface area contributed by atoms with Gasteiger partial charge in [-0.1, -0.05) is 12.1 Å². The lowest BCUT2D eigenvalue weighted by atomic mass is 10.1. The minimum Gasteiger partial charge on any atom is -0.493 e. The maximum absolute atomic E-state index is 12.0. The van der Waals surface area contributed by atoms with Gasteiger partial charge in [-0.2, -0.15) is 0 Å². The van der Waals surface area contributed by atoms with Crippen LogP contribution >= 0.6 is 0 Å². The van der Waals surface area contributed by atoms with Crippen molar-refractivity contribution in [2.24, 2.45) is 0 Å². The van der Waals surface area contributed by atoms with Crippen molar-refractivity contribution < 1.29 is 14.3 Å². The summed E-state index contributed by atoms with van der Waals surface area (Å²) in [6, 6.07) is 10.8. The summed E-state index contributed by atoms with van der Waals surface area (Å²) < 4.78 is 10.4. The van der Waals surface area contributed by atoms with E-state index >= 15 is 0 Å². The maximum Gasteiger partial charge on any atom is 0.248 e. The topological polar surface area (TPSA) is 73.6 Å². The number of benzene rings is 2. The molecule has 2 aromatic carbocycles. The molecule has 0 radical (unpaired) electrons. The van der Waals surface area contributed by atoms with Crippen molar-refractivity contribution in [3.63, 3.8) is 0 Å². The molecule has 0 aliphatic carbocycles. The van der Waals surface area contributed by atoms with Crippen LogP contribution < -0.4 is 20.5 Å². The summed E-state index contributed by atoms with van der Waals surface area (Å²) in [5.41, 5.74) is 8.94. The van der Waals surface area contributed by atoms with Gasteiger partial charge in [-0.3, -0.25) is 4.79 Å². The number of nitrogens with one attached hydrogen (secondary N) is 1. The zero-order chi connectivity index (χ0) is 16.8. The second-order valence-electron chi connectivity index (χ2n) is 5.01. The van der Waals surface area contributed by atoms with Gasteiger partial charge in [0.05, 0.1) is 14.2 Å². The van der Waals surface area contributed by atoms with Gasteiger partial charge in [0.25, 0.3) is 0 Å². The van der Waals surface area contributed by atoms with E-state index < -0.39 is 0 Å². The first-order valence-corrected chi connectivity index (χ1v) is 7.10. The number of rotatable bonds is 5. The minimum absolute atomic E-state index is 0.233. The van der Waals surface area contributed by atoms with Gasteiger partial charge in [0.15, 0.2) is 11.5 Å². The molecule has 2 aromatic rings. The minimum atomic E-state index is -0.233. The Morgan fingerprint density at radius 2 is 1.83 bits per heavy atom. The van der Waals surface area contributed by atoms with Crippen molar-refractivity contribution in [3.05, 3.63) is 53.6 Å². The Morgan fingerprint density at radius 3 is 2.48 bits per heavy atom. The van der Waals surface area contributed by atoms with Crippen LogP contribution in [0.5, 0.6) is 11.5 Å². The van der Waals surface area contributed by atoms with Crippen LogP contribution in [0.3, 0.4) is 0 Å². The number of nitrogen functional groups attached to an aromatic ring is 1. The Bertz CT molecular complexity index is 739. The molecule has 0 saturated heterocycles. The van der Waals surface area contributed by atoms with Gasteiger partial charge < -0.3 is 20.5 Å². The van der Waals surface area contributed by atoms with Gasteiger partial charge in [-0.25, -0.2) is 0 Å². The predicted molar refractivity (Wildman–Crippen MR) is 92.8 cm³/mol. The fourth-order valence-electron chi connectivity index (χ4n) is 2.03. The van der Waals surface area contributed by atoms with Crippen LogP contribution in [0.2, 0.25) is 0 Å². The summed E-state index contributed by atoms with van der Waals surface area (Å²) in [4.78, 5) is 12.0. The van der Waals surface area contributed by atoms with Crippen LogP contribution in [0.4, 0.5) is 11.4 Å². The second kappa shape index (κ2) is 7.35. The number of methoxy groups -OCH3 is 2. The number of ether oxygens (including phenoxy) is 2. The third-order valence-electron chi connectivity index (χ3n) is 3.38. The molecular weight excluding hydrogens is 292 g/mol. The highest BCUT2D eigenvalue weighted by Gasteiger charge is 2.04. The number of carbonyl (C=O) groups is 1. The summed E-state index contributed by atoms with van der Waals surface area (Å²) in [7, 11) is 3.15. The molecule has 0 heterocycles. The molecule has 5 heteroatoms. The molecule has 2 rings (SSSR count). The predicted octanol–water partition coefficient (Wildman–Crippen LogP) is 3.25. The lowest BCUT2D eigenvalue weighted by Crippen LogP contribution is -2.08. The highest BCUT2D eigenvalue weighted by molar-refractivity contribution is 6.02. The molecule has 0 aliphatic rings. The zero-order valence-electron chi connectivity index (χ0n) is 13.4. The molecular formula is C18H20N2O3. The standard InChI is InChI=1S/C18H20N2O3/c1-12-4-7-14(11-15(12)19)20-18(21)9-6-13-5-8-16(22-2)17(10-13)23-3/h4-11H,19H2,1-3H3,(H,20,21)/b9-6+. The molecule has 120 valence electrons. The Morgan fingerprint density at radius 1 is 1.09 bits per heavy atom. The summed E-state index contributed by atoms with van der Waals surface area (Å²) in [5, 5.41) is 2.77. The number of amides is 1. The van der Waals surface area contributed by atoms with Crippen molar-refractivity contribution in [3.8, 4) is 11.5 Å². The number of hydrogen-bond acceptors (Lipinski definition) is 4. The van der Waals surface area contributed by atoms with E-state index in [2.05, 4.69) is 5.32 Å². The molecule has 0 fully saturated rings. The van der Waals surface area contributed by atoms with E-state index in [1.54, 1.807) is 38.5 Å². The van der Waals surface area contributed by atoms with Crippen LogP contribution in [-0.4, -0.2) is 20.1 Å². The Kier molecular flexibility index (Phi) is 5.25. The molecule has 0 aromatic heterocycles. The Labute approximate surface area is 135 Å². The molecule has 0 atom stereocenters. The lowest BCUT2D eigenvalue weighted by Gasteiger charge is -2.08. The molecule has 0 aliphatic heterocycles. The Hall–Kier alpha value is -2.95. The van der Waals surface area contributed by atoms with Crippen molar-refractivity contribution in [1.82, 2.24) is 0 Å². The van der Waals surface area contributed by atoms with Crippen molar-refractivity contribution in [2.45, 2.75) is 6.92 Å². The summed E-state index contributed by atoms with van der Waals surface area (Å²) >= 11 is 0. The number of anilines is 2. The van der Waals surface area contributed by atoms with E-state index in [9.17, 15) is 4.79 Å². The largest absolute Gasteiger partial charge is 0.493 e. The molecule has 0 spiro atoms. The number of aryl methyl sites for hydroxylation is 1. The summed E-state index contributed by atoms with van der Waals surface area (Å²) in [5.74, 6) is 1.02. The average molecular weight is 312 g/mol. The molecule has 23 heavy (non-hydrogen) atoms. The first-order valence-electron chi connectivity index (χ1n) is 7.10. The van der Waals surface area contributed by atoms with Crippen LogP contribution in [0, 0.1) is 6.92 Å². The van der Waals surface area contributed by atoms with E-state index in [0.29, 0.717) is 22.9 Å². The van der Waals surface area contributed by atoms with Crippen LogP contribution in [0.1, 0.15) is 11.1 Å². The number of hydrogen-bond donors (Lipinski definition) is 2. The first kappa shape index (κ1) is 16.4. The van der Waals surface area contributed by atoms with E-state index in [-0.39, 0.29) is 5.91 Å². The van der Waals surface area contributed by atoms with Crippen molar-refractivity contribution in [1.29, 1.82) is 0 Å². The molecule has 0 saturated carbocycles. The van der Waals surface area contributed by atoms with Gasteiger partial charge in [0, 0.05) is 17.5 Å². The van der Waals surface area contributed by atoms with Crippen LogP contribution in [0.25, 0.3) is 6.08 Å². The van der Waals surface area contributed by atoms with Gasteiger partial charge in [0.2, 0.25) is 5.91 Å². The SMILES string of the molecule is COc1ccc(/C=C/C(=O)Nc2ccc(C)c(N)c2)cc1OC. The van der Waals surface area contributed by atoms with Crippen molar-refractivity contribution >= 4 is 23.4 Å². The number of nitrogens with two attached hydrogens (primary N) is 1. The van der Waals surface area contributed by atoms with E-state index in [1.165, 1.54) is 6.08 Å². The third-order valence-corrected chi connectivity index (χ3v) is 3.38. The third kappa shape index (κ3) is 4.26. The quantitative estimate of drug-likeness (QED) is 0.656. The monoisotopic (exact) mass is 312 g/mol. The first-order chi connectivity index (χ1) is 11.0. The van der Waals surface area contributed by atoms with Gasteiger partial charge >= 0.3 is 0 Å². The highest BCUT2D eigenvalue weighted by atomic mass is 16.5. The van der Waals surface area contributed by atoms with Crippen molar-refractivity contribution in [2.75, 3.05) is 25.3 Å². The molecule has 0 unspecified atom stereocenters. The molecule has 3 N–H and O–H groups in total. The highest BCUT2D eigenvalue weighted by Crippen LogP contribution is 2.28. The van der Waals surface area contributed by atoms with E-state index in [1.807, 2.05) is 25.1 Å². The normalized spacial score (nSPS) is 10.6. The second-order valence-corrected chi connectivity index (χ2v) is 5.01. The van der Waals surface area contributed by atoms with Crippen LogP contribution in [0.15, 0.2) is 42.5 Å². The van der Waals surface area contributed by atoms with Crippen LogP contribution in [-0.2, 0) is 4.79 Å². The Balaban J connectivity index is 2.07. The molecule has 5 nitrogen and oxygen atoms in total. The lowest BCUT2D eigenvalue weighted by molar-refractivity contribution is -0.111. The smallest absolute Gasteiger partial charge is 0.248 e. The average Bonchev–Trinajstić information content (AvgIpc) is 2.56. The summed E-state index contributed by atoms with van der Waals surface area (Å²) in [6.45, 7) is 1.91.